The summed E-state index contributed by atoms with van der Waals surface area (Å²) < 4.78 is 27.3. The average Bonchev–Trinajstić information content (AvgIpc) is 3.20. The van der Waals surface area contributed by atoms with Gasteiger partial charge in [-0.15, -0.1) is 0 Å². The van der Waals surface area contributed by atoms with Crippen LogP contribution >= 0.6 is 0 Å². The third-order valence-corrected chi connectivity index (χ3v) is 7.95. The van der Waals surface area contributed by atoms with Crippen LogP contribution in [-0.2, 0) is 21.2 Å². The molecule has 3 unspecified atom stereocenters. The maximum Gasteiger partial charge on any atom is 0.237 e. The van der Waals surface area contributed by atoms with E-state index >= 15 is 0 Å². The number of carbonyl (C=O) groups is 1. The molecule has 2 saturated heterocycles. The molecule has 2 fully saturated rings. The molecule has 1 aromatic rings. The van der Waals surface area contributed by atoms with Crippen LogP contribution in [0.4, 0.5) is 0 Å². The second-order valence-electron chi connectivity index (χ2n) is 7.63. The van der Waals surface area contributed by atoms with Crippen molar-refractivity contribution in [2.75, 3.05) is 19.6 Å². The van der Waals surface area contributed by atoms with Gasteiger partial charge in [0.05, 0.1) is 11.3 Å². The fourth-order valence-corrected chi connectivity index (χ4v) is 5.89. The van der Waals surface area contributed by atoms with Crippen LogP contribution < -0.4 is 10.6 Å². The Morgan fingerprint density at radius 2 is 1.93 bits per heavy atom. The number of hydrogen-bond donors (Lipinski definition) is 2. The number of sulfonamides is 1. The number of benzene rings is 1. The van der Waals surface area contributed by atoms with Crippen LogP contribution in [0, 0.1) is 0 Å². The molecule has 2 N–H and O–H groups in total. The van der Waals surface area contributed by atoms with Gasteiger partial charge in [-0.2, -0.15) is 0 Å². The summed E-state index contributed by atoms with van der Waals surface area (Å²) in [7, 11) is -3.32. The van der Waals surface area contributed by atoms with Crippen molar-refractivity contribution in [3.63, 3.8) is 0 Å². The molecule has 2 heterocycles. The number of carbonyl (C=O) groups excluding carboxylic acids is 1. The molecule has 27 heavy (non-hydrogen) atoms. The highest BCUT2D eigenvalue weighted by atomic mass is 32.2. The van der Waals surface area contributed by atoms with Gasteiger partial charge in [0.1, 0.15) is 0 Å². The maximum absolute atomic E-state index is 12.8. The van der Waals surface area contributed by atoms with Gasteiger partial charge in [0, 0.05) is 25.7 Å². The van der Waals surface area contributed by atoms with Crippen LogP contribution in [0.2, 0.25) is 0 Å². The molecule has 0 aliphatic carbocycles. The van der Waals surface area contributed by atoms with E-state index in [1.54, 1.807) is 4.31 Å². The number of piperidine rings is 1. The minimum absolute atomic E-state index is 0.0550. The van der Waals surface area contributed by atoms with E-state index in [0.717, 1.165) is 32.1 Å². The van der Waals surface area contributed by atoms with Gasteiger partial charge in [0.15, 0.2) is 0 Å². The van der Waals surface area contributed by atoms with E-state index in [1.807, 2.05) is 18.2 Å². The lowest BCUT2D eigenvalue weighted by atomic mass is 10.0. The van der Waals surface area contributed by atoms with E-state index < -0.39 is 21.3 Å². The molecular formula is C20H31N3O3S. The van der Waals surface area contributed by atoms with E-state index in [4.69, 9.17) is 0 Å². The lowest BCUT2D eigenvalue weighted by Gasteiger charge is -2.28. The lowest BCUT2D eigenvalue weighted by molar-refractivity contribution is -0.123. The van der Waals surface area contributed by atoms with Crippen molar-refractivity contribution in [3.8, 4) is 0 Å². The minimum Gasteiger partial charge on any atom is -0.352 e. The molecule has 2 aliphatic heterocycles. The molecule has 7 heteroatoms. The third kappa shape index (κ3) is 5.09. The second-order valence-corrected chi connectivity index (χ2v) is 9.84. The highest BCUT2D eigenvalue weighted by molar-refractivity contribution is 7.89. The van der Waals surface area contributed by atoms with Crippen LogP contribution in [0.1, 0.15) is 44.6 Å². The predicted molar refractivity (Wildman–Crippen MR) is 107 cm³/mol. The van der Waals surface area contributed by atoms with Crippen molar-refractivity contribution in [1.29, 1.82) is 0 Å². The Balaban J connectivity index is 1.55. The van der Waals surface area contributed by atoms with E-state index in [1.165, 1.54) is 5.56 Å². The van der Waals surface area contributed by atoms with Gasteiger partial charge in [0.2, 0.25) is 15.9 Å². The molecule has 1 aromatic carbocycles. The first-order valence-corrected chi connectivity index (χ1v) is 11.6. The molecule has 0 bridgehead atoms. The summed E-state index contributed by atoms with van der Waals surface area (Å²) in [6, 6.07) is 9.72. The summed E-state index contributed by atoms with van der Waals surface area (Å²) in [4.78, 5) is 12.7. The largest absolute Gasteiger partial charge is 0.352 e. The Kier molecular flexibility index (Phi) is 6.89. The van der Waals surface area contributed by atoms with Crippen molar-refractivity contribution in [2.24, 2.45) is 0 Å². The van der Waals surface area contributed by atoms with Crippen molar-refractivity contribution in [1.82, 2.24) is 14.9 Å². The Morgan fingerprint density at radius 1 is 1.22 bits per heavy atom. The van der Waals surface area contributed by atoms with E-state index in [-0.39, 0.29) is 11.9 Å². The first-order valence-electron chi connectivity index (χ1n) is 10.1. The van der Waals surface area contributed by atoms with Crippen molar-refractivity contribution < 1.29 is 13.2 Å². The van der Waals surface area contributed by atoms with Gasteiger partial charge < -0.3 is 10.6 Å². The van der Waals surface area contributed by atoms with Crippen molar-refractivity contribution in [2.45, 2.75) is 62.8 Å². The predicted octanol–water partition coefficient (Wildman–Crippen LogP) is 1.67. The average molecular weight is 394 g/mol. The molecule has 3 atom stereocenters. The fraction of sp³-hybridized carbons (Fsp3) is 0.650. The number of hydrogen-bond acceptors (Lipinski definition) is 4. The smallest absolute Gasteiger partial charge is 0.237 e. The zero-order chi connectivity index (χ0) is 19.3. The molecule has 6 nitrogen and oxygen atoms in total. The van der Waals surface area contributed by atoms with E-state index in [2.05, 4.69) is 29.7 Å². The molecular weight excluding hydrogens is 362 g/mol. The number of amides is 1. The van der Waals surface area contributed by atoms with Crippen LogP contribution in [0.3, 0.4) is 0 Å². The Labute approximate surface area is 162 Å². The molecule has 0 saturated carbocycles. The fourth-order valence-electron chi connectivity index (χ4n) is 3.96. The maximum atomic E-state index is 12.8. The Morgan fingerprint density at radius 3 is 2.59 bits per heavy atom. The first kappa shape index (κ1) is 20.3. The first-order chi connectivity index (χ1) is 13.0. The summed E-state index contributed by atoms with van der Waals surface area (Å²) >= 11 is 0. The SMILES string of the molecule is CCC(Cc1ccccc1)NC(=O)C1CC(S(=O)(=O)N2CCCCC2)CN1. The van der Waals surface area contributed by atoms with Gasteiger partial charge in [0.25, 0.3) is 0 Å². The molecule has 0 aromatic heterocycles. The number of rotatable bonds is 7. The summed E-state index contributed by atoms with van der Waals surface area (Å²) in [5, 5.41) is 5.73. The van der Waals surface area contributed by atoms with Crippen LogP contribution in [0.15, 0.2) is 30.3 Å². The van der Waals surface area contributed by atoms with Gasteiger partial charge in [-0.25, -0.2) is 12.7 Å². The molecule has 2 aliphatic rings. The molecule has 0 spiro atoms. The molecule has 1 amide bonds. The van der Waals surface area contributed by atoms with E-state index in [0.29, 0.717) is 26.1 Å². The molecule has 150 valence electrons. The van der Waals surface area contributed by atoms with E-state index in [9.17, 15) is 13.2 Å². The summed E-state index contributed by atoms with van der Waals surface area (Å²) in [6.07, 6.45) is 4.93. The summed E-state index contributed by atoms with van der Waals surface area (Å²) in [5.41, 5.74) is 1.19. The Hall–Kier alpha value is -1.44. The van der Waals surface area contributed by atoms with Gasteiger partial charge in [-0.1, -0.05) is 43.7 Å². The van der Waals surface area contributed by atoms with Gasteiger partial charge in [-0.3, -0.25) is 4.79 Å². The van der Waals surface area contributed by atoms with Gasteiger partial charge in [-0.05, 0) is 37.7 Å². The molecule has 3 rings (SSSR count). The summed E-state index contributed by atoms with van der Waals surface area (Å²) in [5.74, 6) is -0.0888. The zero-order valence-corrected chi connectivity index (χ0v) is 16.9. The van der Waals surface area contributed by atoms with Gasteiger partial charge >= 0.3 is 0 Å². The second kappa shape index (κ2) is 9.17. The highest BCUT2D eigenvalue weighted by Gasteiger charge is 2.40. The minimum atomic E-state index is -3.32. The number of nitrogens with zero attached hydrogens (tertiary/aromatic N) is 1. The highest BCUT2D eigenvalue weighted by Crippen LogP contribution is 2.22. The normalized spacial score (nSPS) is 25.2. The van der Waals surface area contributed by atoms with Crippen molar-refractivity contribution in [3.05, 3.63) is 35.9 Å². The third-order valence-electron chi connectivity index (χ3n) is 5.67. The monoisotopic (exact) mass is 393 g/mol. The zero-order valence-electron chi connectivity index (χ0n) is 16.1. The number of nitrogens with one attached hydrogen (secondary N) is 2. The Bertz CT molecular complexity index is 717. The van der Waals surface area contributed by atoms with Crippen molar-refractivity contribution >= 4 is 15.9 Å². The molecule has 0 radical (unpaired) electrons. The lowest BCUT2D eigenvalue weighted by Crippen LogP contribution is -2.45. The van der Waals surface area contributed by atoms with Crippen LogP contribution in [0.25, 0.3) is 0 Å². The van der Waals surface area contributed by atoms with Crippen LogP contribution in [-0.4, -0.2) is 55.6 Å². The quantitative estimate of drug-likeness (QED) is 0.739. The van der Waals surface area contributed by atoms with Crippen LogP contribution in [0.5, 0.6) is 0 Å². The summed E-state index contributed by atoms with van der Waals surface area (Å²) in [6.45, 7) is 3.64. The topological polar surface area (TPSA) is 78.5 Å². The standard InChI is InChI=1S/C20H31N3O3S/c1-2-17(13-16-9-5-3-6-10-16)22-20(24)19-14-18(15-21-19)27(25,26)23-11-7-4-8-12-23/h3,5-6,9-10,17-19,21H,2,4,7-8,11-15H2,1H3,(H,22,24).